The van der Waals surface area contributed by atoms with Crippen LogP contribution in [0.25, 0.3) is 0 Å². The summed E-state index contributed by atoms with van der Waals surface area (Å²) in [6, 6.07) is -0.372. The van der Waals surface area contributed by atoms with Gasteiger partial charge in [-0.3, -0.25) is 0 Å². The Labute approximate surface area is 102 Å². The minimum atomic E-state index is -0.570. The average molecular weight is 239 g/mol. The van der Waals surface area contributed by atoms with E-state index in [1.54, 1.807) is 6.82 Å². The van der Waals surface area contributed by atoms with Crippen LogP contribution in [0.3, 0.4) is 0 Å². The van der Waals surface area contributed by atoms with Crippen LogP contribution < -0.4 is 5.23 Å². The molecule has 0 saturated heterocycles. The Morgan fingerprint density at radius 3 is 3.00 bits per heavy atom. The summed E-state index contributed by atoms with van der Waals surface area (Å²) >= 11 is 0. The van der Waals surface area contributed by atoms with E-state index in [4.69, 9.17) is 15.0 Å². The molecule has 0 heterocycles. The van der Waals surface area contributed by atoms with Gasteiger partial charge in [-0.2, -0.15) is 0 Å². The summed E-state index contributed by atoms with van der Waals surface area (Å²) in [5.41, 5.74) is 0. The number of rotatable bonds is 10. The Hall–Kier alpha value is -0.855. The standard InChI is InChI=1S/C7H16B3N3O4/c1-10(16)12-2-3-17-13-8-4-7(5-14)11-6-9-15/h6-7,12,14,16H,2-5H2,1H3/t7-/m1/s1. The van der Waals surface area contributed by atoms with Crippen LogP contribution >= 0.6 is 0 Å². The first-order chi connectivity index (χ1) is 8.20. The van der Waals surface area contributed by atoms with E-state index in [9.17, 15) is 4.70 Å². The molecule has 92 valence electrons. The van der Waals surface area contributed by atoms with Crippen molar-refractivity contribution in [3.05, 3.63) is 0 Å². The van der Waals surface area contributed by atoms with Crippen LogP contribution in [0, 0.1) is 0 Å². The van der Waals surface area contributed by atoms with Gasteiger partial charge in [0, 0.05) is 0 Å². The molecule has 7 nitrogen and oxygen atoms in total. The van der Waals surface area contributed by atoms with Gasteiger partial charge >= 0.3 is 101 Å². The fraction of sp³-hybridized carbons (Fsp3) is 0.857. The SMILES string of the molecule is CB(O)NCCON=BC[C@H](CO)N=CB=O. The van der Waals surface area contributed by atoms with E-state index >= 15 is 0 Å². The van der Waals surface area contributed by atoms with Gasteiger partial charge in [0.25, 0.3) is 0 Å². The number of hydrogen-bond acceptors (Lipinski definition) is 7. The predicted molar refractivity (Wildman–Crippen MR) is 66.6 cm³/mol. The number of aliphatic hydroxyl groups is 1. The zero-order valence-corrected chi connectivity index (χ0v) is 9.82. The molecule has 0 amide bonds. The molecule has 0 aromatic heterocycles. The fourth-order valence-electron chi connectivity index (χ4n) is 0.923. The topological polar surface area (TPSA) is 104 Å². The van der Waals surface area contributed by atoms with Crippen LogP contribution in [0.5, 0.6) is 0 Å². The molecule has 0 bridgehead atoms. The molecule has 0 rings (SSSR count). The number of aliphatic hydroxyl groups excluding tert-OH is 1. The normalized spacial score (nSPS) is 12.4. The van der Waals surface area contributed by atoms with E-state index in [-0.39, 0.29) is 12.6 Å². The first-order valence-electron chi connectivity index (χ1n) is 5.33. The Kier molecular flexibility index (Phi) is 11.0. The van der Waals surface area contributed by atoms with Gasteiger partial charge in [-0.15, -0.1) is 0 Å². The van der Waals surface area contributed by atoms with Crippen molar-refractivity contribution >= 4 is 27.4 Å². The summed E-state index contributed by atoms with van der Waals surface area (Å²) in [4.78, 5) is 8.66. The number of nitrogens with zero attached hydrogens (tertiary/aromatic N) is 2. The van der Waals surface area contributed by atoms with Crippen LogP contribution in [0.2, 0.25) is 13.1 Å². The monoisotopic (exact) mass is 239 g/mol. The molecule has 0 spiro atoms. The zero-order valence-electron chi connectivity index (χ0n) is 9.82. The van der Waals surface area contributed by atoms with Gasteiger partial charge < -0.3 is 0 Å². The van der Waals surface area contributed by atoms with E-state index in [2.05, 4.69) is 15.3 Å². The van der Waals surface area contributed by atoms with E-state index < -0.39 is 7.05 Å². The van der Waals surface area contributed by atoms with E-state index in [1.165, 1.54) is 7.07 Å². The third-order valence-corrected chi connectivity index (χ3v) is 1.73. The van der Waals surface area contributed by atoms with Crippen molar-refractivity contribution in [2.45, 2.75) is 19.2 Å². The number of hydrogen-bond donors (Lipinski definition) is 3. The Bertz CT molecular complexity index is 253. The average Bonchev–Trinajstić information content (AvgIpc) is 2.31. The van der Waals surface area contributed by atoms with Crippen LogP contribution in [0.4, 0.5) is 0 Å². The minimum absolute atomic E-state index is 0.153. The second-order valence-electron chi connectivity index (χ2n) is 3.26. The van der Waals surface area contributed by atoms with Crippen molar-refractivity contribution in [1.82, 2.24) is 5.23 Å². The van der Waals surface area contributed by atoms with Gasteiger partial charge in [0.15, 0.2) is 0 Å². The van der Waals surface area contributed by atoms with Crippen molar-refractivity contribution in [2.75, 3.05) is 19.8 Å². The van der Waals surface area contributed by atoms with Crippen molar-refractivity contribution in [1.29, 1.82) is 0 Å². The second-order valence-corrected chi connectivity index (χ2v) is 3.26. The van der Waals surface area contributed by atoms with Gasteiger partial charge in [0.1, 0.15) is 0 Å². The number of nitrogens with one attached hydrogen (secondary N) is 1. The van der Waals surface area contributed by atoms with E-state index in [0.717, 1.165) is 6.11 Å². The molecule has 0 fully saturated rings. The molecule has 0 aliphatic carbocycles. The van der Waals surface area contributed by atoms with Crippen molar-refractivity contribution < 1.29 is 19.7 Å². The van der Waals surface area contributed by atoms with Crippen molar-refractivity contribution in [3.63, 3.8) is 0 Å². The third-order valence-electron chi connectivity index (χ3n) is 1.73. The van der Waals surface area contributed by atoms with Gasteiger partial charge in [-0.25, -0.2) is 0 Å². The predicted octanol–water partition coefficient (Wildman–Crippen LogP) is -1.64. The molecule has 3 N–H and O–H groups in total. The molecule has 0 aliphatic rings. The van der Waals surface area contributed by atoms with Crippen molar-refractivity contribution in [2.24, 2.45) is 10.1 Å². The number of aliphatic imine (C=N–C) groups is 1. The van der Waals surface area contributed by atoms with Crippen molar-refractivity contribution in [3.8, 4) is 0 Å². The molecular formula is C7H16B3N3O4. The molecule has 0 unspecified atom stereocenters. The maximum atomic E-state index is 10.0. The molecule has 17 heavy (non-hydrogen) atoms. The molecule has 10 heteroatoms. The van der Waals surface area contributed by atoms with Gasteiger partial charge in [0.2, 0.25) is 0 Å². The van der Waals surface area contributed by atoms with Gasteiger partial charge in [-0.1, -0.05) is 0 Å². The summed E-state index contributed by atoms with van der Waals surface area (Å²) < 4.78 is 10.0. The summed E-state index contributed by atoms with van der Waals surface area (Å²) in [7, 11) is 1.46. The molecule has 1 atom stereocenters. The fourth-order valence-corrected chi connectivity index (χ4v) is 0.923. The Morgan fingerprint density at radius 2 is 2.41 bits per heavy atom. The first kappa shape index (κ1) is 16.1. The third kappa shape index (κ3) is 11.4. The summed E-state index contributed by atoms with van der Waals surface area (Å²) in [5, 5.41) is 24.1. The second kappa shape index (κ2) is 11.6. The zero-order chi connectivity index (χ0) is 12.9. The molecule has 0 aromatic carbocycles. The summed E-state index contributed by atoms with van der Waals surface area (Å²) in [6.45, 7) is 2.28. The summed E-state index contributed by atoms with van der Waals surface area (Å²) in [5.74, 6) is 0. The molecule has 0 aromatic rings. The quantitative estimate of drug-likeness (QED) is 0.183. The van der Waals surface area contributed by atoms with Crippen LogP contribution in [-0.2, 0) is 9.54 Å². The molecule has 0 aliphatic heterocycles. The first-order valence-corrected chi connectivity index (χ1v) is 5.33. The van der Waals surface area contributed by atoms with Crippen LogP contribution in [-0.4, -0.2) is 63.3 Å². The molecule has 0 radical (unpaired) electrons. The van der Waals surface area contributed by atoms with Gasteiger partial charge in [-0.05, 0) is 0 Å². The molecular weight excluding hydrogens is 223 g/mol. The van der Waals surface area contributed by atoms with E-state index in [1.807, 2.05) is 0 Å². The molecule has 0 saturated carbocycles. The maximum absolute atomic E-state index is 10.0. The van der Waals surface area contributed by atoms with Crippen LogP contribution in [0.15, 0.2) is 10.1 Å². The van der Waals surface area contributed by atoms with E-state index in [0.29, 0.717) is 26.6 Å². The van der Waals surface area contributed by atoms with Gasteiger partial charge in [0.05, 0.1) is 0 Å². The van der Waals surface area contributed by atoms with Crippen LogP contribution in [0.1, 0.15) is 0 Å². The Balaban J connectivity index is 3.57. The Morgan fingerprint density at radius 1 is 1.65 bits per heavy atom. The summed E-state index contributed by atoms with van der Waals surface area (Å²) in [6.07, 6.45) is 1.49.